The molecule has 0 saturated heterocycles. The van der Waals surface area contributed by atoms with Crippen LogP contribution in [0.3, 0.4) is 0 Å². The highest BCUT2D eigenvalue weighted by Crippen LogP contribution is 2.41. The first-order valence-electron chi connectivity index (χ1n) is 8.73. The monoisotopic (exact) mass is 392 g/mol. The van der Waals surface area contributed by atoms with Crippen LogP contribution >= 0.6 is 11.3 Å². The van der Waals surface area contributed by atoms with Crippen molar-refractivity contribution in [2.75, 3.05) is 11.9 Å². The van der Waals surface area contributed by atoms with Gasteiger partial charge in [-0.3, -0.25) is 4.79 Å². The van der Waals surface area contributed by atoms with E-state index in [-0.39, 0.29) is 16.2 Å². The number of thiophene rings is 1. The molecule has 3 rings (SSSR count). The number of anilines is 1. The number of sulfonamides is 1. The molecule has 140 valence electrons. The molecule has 0 bridgehead atoms. The second-order valence-corrected chi connectivity index (χ2v) is 9.50. The van der Waals surface area contributed by atoms with Crippen molar-refractivity contribution in [2.24, 2.45) is 0 Å². The maximum absolute atomic E-state index is 12.9. The molecule has 7 heteroatoms. The third-order valence-corrected chi connectivity index (χ3v) is 7.32. The number of rotatable bonds is 6. The van der Waals surface area contributed by atoms with Gasteiger partial charge in [-0.1, -0.05) is 12.8 Å². The van der Waals surface area contributed by atoms with Crippen molar-refractivity contribution in [3.05, 3.63) is 46.2 Å². The van der Waals surface area contributed by atoms with Gasteiger partial charge < -0.3 is 5.32 Å². The van der Waals surface area contributed by atoms with Crippen LogP contribution in [0.4, 0.5) is 5.69 Å². The van der Waals surface area contributed by atoms with Crippen LogP contribution in [0.1, 0.15) is 43.7 Å². The molecule has 1 aromatic carbocycles. The minimum atomic E-state index is -3.61. The summed E-state index contributed by atoms with van der Waals surface area (Å²) in [5, 5.41) is 6.86. The summed E-state index contributed by atoms with van der Waals surface area (Å²) < 4.78 is 28.6. The van der Waals surface area contributed by atoms with E-state index < -0.39 is 10.0 Å². The van der Waals surface area contributed by atoms with Crippen LogP contribution in [-0.2, 0) is 20.2 Å². The molecule has 1 saturated carbocycles. The quantitative estimate of drug-likeness (QED) is 0.785. The lowest BCUT2D eigenvalue weighted by Crippen LogP contribution is -2.38. The zero-order valence-electron chi connectivity index (χ0n) is 15.0. The molecule has 0 unspecified atom stereocenters. The number of hydrogen-bond donors (Lipinski definition) is 2. The first-order chi connectivity index (χ1) is 12.3. The Balaban J connectivity index is 1.79. The maximum Gasteiger partial charge on any atom is 0.240 e. The number of hydrogen-bond acceptors (Lipinski definition) is 4. The first-order valence-corrected chi connectivity index (χ1v) is 11.2. The Morgan fingerprint density at radius 3 is 2.54 bits per heavy atom. The smallest absolute Gasteiger partial charge is 0.240 e. The molecular formula is C19H24N2O3S2. The van der Waals surface area contributed by atoms with Crippen molar-refractivity contribution in [2.45, 2.75) is 49.8 Å². The summed E-state index contributed by atoms with van der Waals surface area (Å²) in [6.45, 7) is 3.58. The molecule has 1 aliphatic rings. The summed E-state index contributed by atoms with van der Waals surface area (Å²) >= 11 is 1.65. The van der Waals surface area contributed by atoms with E-state index in [1.165, 1.54) is 12.5 Å². The highest BCUT2D eigenvalue weighted by Gasteiger charge is 2.37. The molecule has 1 aliphatic carbocycles. The fourth-order valence-corrected chi connectivity index (χ4v) is 5.86. The number of carbonyl (C=O) groups is 1. The molecule has 1 heterocycles. The highest BCUT2D eigenvalue weighted by molar-refractivity contribution is 7.89. The average Bonchev–Trinajstić information content (AvgIpc) is 3.25. The predicted molar refractivity (Wildman–Crippen MR) is 105 cm³/mol. The molecule has 5 nitrogen and oxygen atoms in total. The number of nitrogens with one attached hydrogen (secondary N) is 2. The number of carbonyl (C=O) groups excluding carboxylic acids is 1. The third kappa shape index (κ3) is 4.00. The van der Waals surface area contributed by atoms with Crippen molar-refractivity contribution in [1.29, 1.82) is 0 Å². The Bertz CT molecular complexity index is 884. The minimum Gasteiger partial charge on any atom is -0.326 e. The van der Waals surface area contributed by atoms with Crippen molar-refractivity contribution in [3.8, 4) is 0 Å². The fraction of sp³-hybridized carbons (Fsp3) is 0.421. The fourth-order valence-electron chi connectivity index (χ4n) is 3.73. The Hall–Kier alpha value is -1.70. The molecule has 0 radical (unpaired) electrons. The van der Waals surface area contributed by atoms with Crippen molar-refractivity contribution in [1.82, 2.24) is 4.72 Å². The average molecular weight is 393 g/mol. The van der Waals surface area contributed by atoms with Crippen LogP contribution in [0, 0.1) is 6.92 Å². The van der Waals surface area contributed by atoms with Gasteiger partial charge in [-0.15, -0.1) is 0 Å². The normalized spacial score (nSPS) is 16.5. The van der Waals surface area contributed by atoms with E-state index in [0.29, 0.717) is 17.8 Å². The van der Waals surface area contributed by atoms with E-state index in [1.807, 2.05) is 0 Å². The van der Waals surface area contributed by atoms with Crippen LogP contribution in [-0.4, -0.2) is 20.9 Å². The maximum atomic E-state index is 12.9. The van der Waals surface area contributed by atoms with Crippen LogP contribution in [0.25, 0.3) is 0 Å². The number of amides is 1. The largest absolute Gasteiger partial charge is 0.326 e. The third-order valence-electron chi connectivity index (χ3n) is 5.08. The van der Waals surface area contributed by atoms with Gasteiger partial charge in [0.1, 0.15) is 0 Å². The van der Waals surface area contributed by atoms with E-state index in [1.54, 1.807) is 36.5 Å². The molecular weight excluding hydrogens is 368 g/mol. The Labute approximate surface area is 158 Å². The summed E-state index contributed by atoms with van der Waals surface area (Å²) in [7, 11) is -3.61. The summed E-state index contributed by atoms with van der Waals surface area (Å²) in [5.74, 6) is -0.183. The van der Waals surface area contributed by atoms with Gasteiger partial charge in [-0.05, 0) is 65.9 Å². The molecule has 2 aromatic rings. The van der Waals surface area contributed by atoms with Gasteiger partial charge in [0.15, 0.2) is 0 Å². The standard InChI is InChI=1S/C19H24N2O3S2/c1-14-11-17(21-15(2)22)5-6-18(14)26(23,24)20-13-19(8-3-4-9-19)16-7-10-25-12-16/h5-7,10-12,20H,3-4,8-9,13H2,1-2H3,(H,21,22). The van der Waals surface area contributed by atoms with Crippen LogP contribution in [0.5, 0.6) is 0 Å². The van der Waals surface area contributed by atoms with Crippen molar-refractivity contribution < 1.29 is 13.2 Å². The van der Waals surface area contributed by atoms with Gasteiger partial charge in [-0.2, -0.15) is 11.3 Å². The predicted octanol–water partition coefficient (Wildman–Crippen LogP) is 3.81. The second kappa shape index (κ2) is 7.50. The van der Waals surface area contributed by atoms with Gasteiger partial charge in [0.25, 0.3) is 0 Å². The van der Waals surface area contributed by atoms with Crippen LogP contribution in [0.2, 0.25) is 0 Å². The van der Waals surface area contributed by atoms with E-state index in [4.69, 9.17) is 0 Å². The summed E-state index contributed by atoms with van der Waals surface area (Å²) in [5.41, 5.74) is 2.34. The lowest BCUT2D eigenvalue weighted by molar-refractivity contribution is -0.114. The van der Waals surface area contributed by atoms with E-state index >= 15 is 0 Å². The molecule has 0 aliphatic heterocycles. The second-order valence-electron chi connectivity index (χ2n) is 6.99. The van der Waals surface area contributed by atoms with Gasteiger partial charge in [0.05, 0.1) is 4.90 Å². The highest BCUT2D eigenvalue weighted by atomic mass is 32.2. The first kappa shape index (κ1) is 19.1. The Morgan fingerprint density at radius 2 is 1.96 bits per heavy atom. The summed E-state index contributed by atoms with van der Waals surface area (Å²) in [6, 6.07) is 6.96. The molecule has 0 atom stereocenters. The van der Waals surface area contributed by atoms with E-state index in [0.717, 1.165) is 25.7 Å². The molecule has 1 amide bonds. The topological polar surface area (TPSA) is 75.3 Å². The summed E-state index contributed by atoms with van der Waals surface area (Å²) in [4.78, 5) is 11.4. The lowest BCUT2D eigenvalue weighted by atomic mass is 9.81. The molecule has 1 aromatic heterocycles. The van der Waals surface area contributed by atoms with Crippen LogP contribution in [0.15, 0.2) is 39.9 Å². The number of benzene rings is 1. The van der Waals surface area contributed by atoms with Gasteiger partial charge in [0.2, 0.25) is 15.9 Å². The zero-order chi connectivity index (χ0) is 18.8. The molecule has 0 spiro atoms. The van der Waals surface area contributed by atoms with E-state index in [2.05, 4.69) is 26.9 Å². The Morgan fingerprint density at radius 1 is 1.23 bits per heavy atom. The zero-order valence-corrected chi connectivity index (χ0v) is 16.7. The van der Waals surface area contributed by atoms with Crippen LogP contribution < -0.4 is 10.0 Å². The lowest BCUT2D eigenvalue weighted by Gasteiger charge is -2.28. The summed E-state index contributed by atoms with van der Waals surface area (Å²) in [6.07, 6.45) is 4.27. The van der Waals surface area contributed by atoms with Gasteiger partial charge in [0, 0.05) is 24.6 Å². The van der Waals surface area contributed by atoms with Crippen molar-refractivity contribution in [3.63, 3.8) is 0 Å². The van der Waals surface area contributed by atoms with Gasteiger partial charge >= 0.3 is 0 Å². The molecule has 1 fully saturated rings. The molecule has 2 N–H and O–H groups in total. The van der Waals surface area contributed by atoms with Gasteiger partial charge in [-0.25, -0.2) is 13.1 Å². The SMILES string of the molecule is CC(=O)Nc1ccc(S(=O)(=O)NCC2(c3ccsc3)CCCC2)c(C)c1. The minimum absolute atomic E-state index is 0.100. The molecule has 26 heavy (non-hydrogen) atoms. The Kier molecular flexibility index (Phi) is 5.50. The van der Waals surface area contributed by atoms with Crippen molar-refractivity contribution >= 4 is 33.0 Å². The number of aryl methyl sites for hydroxylation is 1. The van der Waals surface area contributed by atoms with E-state index in [9.17, 15) is 13.2 Å².